The average Bonchev–Trinajstić information content (AvgIpc) is 2.62. The first-order valence-electron chi connectivity index (χ1n) is 7.80. The van der Waals surface area contributed by atoms with Crippen molar-refractivity contribution in [1.82, 2.24) is 4.57 Å². The van der Waals surface area contributed by atoms with Gasteiger partial charge in [-0.25, -0.2) is 4.39 Å². The maximum absolute atomic E-state index is 13.1. The molecule has 0 bridgehead atoms. The summed E-state index contributed by atoms with van der Waals surface area (Å²) < 4.78 is 15.7. The molecule has 0 N–H and O–H groups in total. The van der Waals surface area contributed by atoms with Gasteiger partial charge in [-0.15, -0.1) is 0 Å². The molecule has 3 rings (SSSR count). The first-order valence-corrected chi connectivity index (χ1v) is 8.59. The van der Waals surface area contributed by atoms with E-state index in [4.69, 9.17) is 0 Å². The highest BCUT2D eigenvalue weighted by Crippen LogP contribution is 2.21. The Bertz CT molecular complexity index is 993. The maximum atomic E-state index is 13.1. The summed E-state index contributed by atoms with van der Waals surface area (Å²) in [6.45, 7) is 2.55. The molecule has 0 aliphatic heterocycles. The molecule has 1 heterocycles. The number of aryl methyl sites for hydroxylation is 1. The first-order chi connectivity index (χ1) is 12.0. The van der Waals surface area contributed by atoms with Crippen LogP contribution in [0.1, 0.15) is 22.8 Å². The fraction of sp³-hybridized carbons (Fsp3) is 0.100. The monoisotopic (exact) mass is 399 g/mol. The minimum Gasteiger partial charge on any atom is -0.353 e. The molecule has 0 aliphatic rings. The number of rotatable bonds is 4. The number of ketones is 1. The molecule has 25 heavy (non-hydrogen) atoms. The molecule has 0 spiro atoms. The molecule has 3 nitrogen and oxygen atoms in total. The molecule has 126 valence electrons. The lowest BCUT2D eigenvalue weighted by atomic mass is 10.00. The molecule has 0 atom stereocenters. The van der Waals surface area contributed by atoms with Crippen molar-refractivity contribution in [3.05, 3.63) is 92.6 Å². The Morgan fingerprint density at radius 2 is 1.84 bits per heavy atom. The molecule has 0 fully saturated rings. The summed E-state index contributed by atoms with van der Waals surface area (Å²) in [5.74, 6) is -0.838. The van der Waals surface area contributed by atoms with Gasteiger partial charge >= 0.3 is 0 Å². The lowest BCUT2D eigenvalue weighted by molar-refractivity contribution is 0.103. The Kier molecular flexibility index (Phi) is 4.95. The minimum atomic E-state index is -0.426. The lowest BCUT2D eigenvalue weighted by Gasteiger charge is -2.11. The van der Waals surface area contributed by atoms with Gasteiger partial charge in [0, 0.05) is 34.5 Å². The number of nitrogens with zero attached hydrogens (tertiary/aromatic N) is 1. The molecule has 0 saturated carbocycles. The Morgan fingerprint density at radius 1 is 1.12 bits per heavy atom. The van der Waals surface area contributed by atoms with Crippen LogP contribution in [0.3, 0.4) is 0 Å². The van der Waals surface area contributed by atoms with E-state index in [1.54, 1.807) is 17.0 Å². The fourth-order valence-corrected chi connectivity index (χ4v) is 2.99. The van der Waals surface area contributed by atoms with Crippen LogP contribution in [0, 0.1) is 5.82 Å². The number of benzene rings is 2. The van der Waals surface area contributed by atoms with E-state index in [1.807, 2.05) is 31.2 Å². The molecule has 0 amide bonds. The van der Waals surface area contributed by atoms with E-state index in [2.05, 4.69) is 15.9 Å². The smallest absolute Gasteiger partial charge is 0.200 e. The summed E-state index contributed by atoms with van der Waals surface area (Å²) in [6, 6.07) is 12.6. The Morgan fingerprint density at radius 3 is 2.48 bits per heavy atom. The average molecular weight is 400 g/mol. The number of aromatic nitrogens is 1. The van der Waals surface area contributed by atoms with E-state index in [9.17, 15) is 14.0 Å². The van der Waals surface area contributed by atoms with Crippen LogP contribution in [0.2, 0.25) is 0 Å². The third-order valence-corrected chi connectivity index (χ3v) is 4.42. The highest BCUT2D eigenvalue weighted by molar-refractivity contribution is 9.10. The minimum absolute atomic E-state index is 0.0749. The summed E-state index contributed by atoms with van der Waals surface area (Å²) in [5, 5.41) is 0. The lowest BCUT2D eigenvalue weighted by Crippen LogP contribution is -2.20. The van der Waals surface area contributed by atoms with Gasteiger partial charge in [-0.3, -0.25) is 9.59 Å². The molecule has 5 heteroatoms. The van der Waals surface area contributed by atoms with Crippen LogP contribution in [0.4, 0.5) is 4.39 Å². The van der Waals surface area contributed by atoms with Crippen LogP contribution in [0.15, 0.2) is 70.2 Å². The Balaban J connectivity index is 2.17. The summed E-state index contributed by atoms with van der Waals surface area (Å²) >= 11 is 3.40. The van der Waals surface area contributed by atoms with E-state index >= 15 is 0 Å². The van der Waals surface area contributed by atoms with Crippen molar-refractivity contribution in [3.8, 4) is 11.1 Å². The second-order valence-corrected chi connectivity index (χ2v) is 6.51. The molecule has 3 aromatic rings. The zero-order valence-electron chi connectivity index (χ0n) is 13.5. The van der Waals surface area contributed by atoms with Crippen LogP contribution in [0.25, 0.3) is 11.1 Å². The van der Waals surface area contributed by atoms with Gasteiger partial charge in [-0.05, 0) is 48.9 Å². The highest BCUT2D eigenvalue weighted by Gasteiger charge is 2.17. The largest absolute Gasteiger partial charge is 0.353 e. The molecule has 0 saturated heterocycles. The van der Waals surface area contributed by atoms with Gasteiger partial charge in [0.05, 0.1) is 5.56 Å². The third-order valence-electron chi connectivity index (χ3n) is 3.93. The van der Waals surface area contributed by atoms with Gasteiger partial charge in [-0.2, -0.15) is 0 Å². The van der Waals surface area contributed by atoms with Gasteiger partial charge in [0.2, 0.25) is 5.43 Å². The zero-order valence-corrected chi connectivity index (χ0v) is 15.1. The molecule has 1 aromatic heterocycles. The van der Waals surface area contributed by atoms with Crippen molar-refractivity contribution >= 4 is 21.7 Å². The van der Waals surface area contributed by atoms with Gasteiger partial charge in [0.1, 0.15) is 5.82 Å². The normalized spacial score (nSPS) is 10.7. The number of hydrogen-bond acceptors (Lipinski definition) is 2. The summed E-state index contributed by atoms with van der Waals surface area (Å²) in [4.78, 5) is 25.7. The quantitative estimate of drug-likeness (QED) is 0.598. The Hall–Kier alpha value is -2.53. The maximum Gasteiger partial charge on any atom is 0.200 e. The van der Waals surface area contributed by atoms with Crippen molar-refractivity contribution < 1.29 is 9.18 Å². The van der Waals surface area contributed by atoms with Crippen molar-refractivity contribution in [2.24, 2.45) is 0 Å². The van der Waals surface area contributed by atoms with Gasteiger partial charge < -0.3 is 4.57 Å². The van der Waals surface area contributed by atoms with E-state index in [0.29, 0.717) is 12.1 Å². The highest BCUT2D eigenvalue weighted by atomic mass is 79.9. The van der Waals surface area contributed by atoms with Crippen molar-refractivity contribution in [3.63, 3.8) is 0 Å². The van der Waals surface area contributed by atoms with Crippen molar-refractivity contribution in [1.29, 1.82) is 0 Å². The summed E-state index contributed by atoms with van der Waals surface area (Å²) in [5.41, 5.74) is 1.21. The van der Waals surface area contributed by atoms with Crippen LogP contribution >= 0.6 is 15.9 Å². The van der Waals surface area contributed by atoms with Gasteiger partial charge in [-0.1, -0.05) is 28.1 Å². The van der Waals surface area contributed by atoms with E-state index in [0.717, 1.165) is 10.0 Å². The summed E-state index contributed by atoms with van der Waals surface area (Å²) in [7, 11) is 0. The molecular weight excluding hydrogens is 385 g/mol. The second-order valence-electron chi connectivity index (χ2n) is 5.59. The van der Waals surface area contributed by atoms with Crippen molar-refractivity contribution in [2.45, 2.75) is 13.5 Å². The number of carbonyl (C=O) groups is 1. The summed E-state index contributed by atoms with van der Waals surface area (Å²) in [6.07, 6.45) is 3.29. The van der Waals surface area contributed by atoms with Gasteiger partial charge in [0.15, 0.2) is 5.78 Å². The third kappa shape index (κ3) is 3.61. The predicted octanol–water partition coefficient (Wildman–Crippen LogP) is 4.67. The first kappa shape index (κ1) is 17.3. The zero-order chi connectivity index (χ0) is 18.0. The Labute approximate surface area is 152 Å². The number of pyridine rings is 1. The topological polar surface area (TPSA) is 39.1 Å². The van der Waals surface area contributed by atoms with Crippen LogP contribution in [-0.4, -0.2) is 10.4 Å². The number of hydrogen-bond donors (Lipinski definition) is 0. The molecule has 2 aromatic carbocycles. The standard InChI is InChI=1S/C20H15BrFNO2/c1-2-23-11-17(14-4-3-5-15(21)10-14)20(25)18(12-23)19(24)13-6-8-16(22)9-7-13/h3-12H,2H2,1H3. The number of carbonyl (C=O) groups excluding carboxylic acids is 1. The second kappa shape index (κ2) is 7.15. The predicted molar refractivity (Wildman–Crippen MR) is 99.3 cm³/mol. The fourth-order valence-electron chi connectivity index (χ4n) is 2.59. The van der Waals surface area contributed by atoms with Crippen LogP contribution in [-0.2, 0) is 6.54 Å². The molecule has 0 aliphatic carbocycles. The van der Waals surface area contributed by atoms with E-state index in [1.165, 1.54) is 24.3 Å². The SMILES string of the molecule is CCn1cc(C(=O)c2ccc(F)cc2)c(=O)c(-c2cccc(Br)c2)c1. The van der Waals surface area contributed by atoms with Crippen molar-refractivity contribution in [2.75, 3.05) is 0 Å². The van der Waals surface area contributed by atoms with Crippen LogP contribution in [0.5, 0.6) is 0 Å². The van der Waals surface area contributed by atoms with E-state index in [-0.39, 0.29) is 16.6 Å². The number of halogens is 2. The molecular formula is C20H15BrFNO2. The molecule has 0 unspecified atom stereocenters. The van der Waals surface area contributed by atoms with Crippen LogP contribution < -0.4 is 5.43 Å². The molecule has 0 radical (unpaired) electrons. The van der Waals surface area contributed by atoms with E-state index < -0.39 is 11.6 Å². The van der Waals surface area contributed by atoms with Gasteiger partial charge in [0.25, 0.3) is 0 Å².